The SMILES string of the molecule is Nc1ccc(-c2ccncc2C(F)(F)F)cc1. The molecule has 1 aromatic heterocycles. The molecule has 0 unspecified atom stereocenters. The zero-order valence-corrected chi connectivity index (χ0v) is 8.70. The molecule has 0 spiro atoms. The van der Waals surface area contributed by atoms with E-state index in [4.69, 9.17) is 5.73 Å². The third kappa shape index (κ3) is 2.38. The molecule has 5 heteroatoms. The smallest absolute Gasteiger partial charge is 0.399 e. The number of pyridine rings is 1. The largest absolute Gasteiger partial charge is 0.418 e. The Hall–Kier alpha value is -2.04. The fraction of sp³-hybridized carbons (Fsp3) is 0.0833. The second kappa shape index (κ2) is 4.08. The van der Waals surface area contributed by atoms with Crippen molar-refractivity contribution in [2.45, 2.75) is 6.18 Å². The highest BCUT2D eigenvalue weighted by molar-refractivity contribution is 5.68. The average molecular weight is 238 g/mol. The first-order chi connectivity index (χ1) is 7.98. The number of nitrogen functional groups attached to an aromatic ring is 1. The Kier molecular flexibility index (Phi) is 2.75. The molecular weight excluding hydrogens is 229 g/mol. The first-order valence-electron chi connectivity index (χ1n) is 4.85. The van der Waals surface area contributed by atoms with Crippen LogP contribution in [0.1, 0.15) is 5.56 Å². The molecule has 0 bridgehead atoms. The molecule has 0 aliphatic rings. The Morgan fingerprint density at radius 2 is 1.65 bits per heavy atom. The van der Waals surface area contributed by atoms with E-state index in [1.807, 2.05) is 0 Å². The third-order valence-corrected chi connectivity index (χ3v) is 2.35. The number of benzene rings is 1. The Bertz CT molecular complexity index is 518. The zero-order valence-electron chi connectivity index (χ0n) is 8.70. The van der Waals surface area contributed by atoms with Gasteiger partial charge in [0.15, 0.2) is 0 Å². The first-order valence-corrected chi connectivity index (χ1v) is 4.85. The lowest BCUT2D eigenvalue weighted by Crippen LogP contribution is -2.07. The minimum absolute atomic E-state index is 0.104. The number of halogens is 3. The van der Waals surface area contributed by atoms with Gasteiger partial charge < -0.3 is 5.73 Å². The topological polar surface area (TPSA) is 38.9 Å². The third-order valence-electron chi connectivity index (χ3n) is 2.35. The van der Waals surface area contributed by atoms with Gasteiger partial charge in [0.25, 0.3) is 0 Å². The summed E-state index contributed by atoms with van der Waals surface area (Å²) in [6.45, 7) is 0. The highest BCUT2D eigenvalue weighted by atomic mass is 19.4. The molecule has 2 aromatic rings. The molecule has 1 heterocycles. The highest BCUT2D eigenvalue weighted by Gasteiger charge is 2.33. The molecule has 0 radical (unpaired) electrons. The van der Waals surface area contributed by atoms with Crippen LogP contribution in [0, 0.1) is 0 Å². The van der Waals surface area contributed by atoms with Gasteiger partial charge in [0.05, 0.1) is 5.56 Å². The molecule has 1 aromatic carbocycles. The molecule has 2 rings (SSSR count). The molecule has 0 saturated carbocycles. The maximum Gasteiger partial charge on any atom is 0.418 e. The number of hydrogen-bond donors (Lipinski definition) is 1. The van der Waals surface area contributed by atoms with Gasteiger partial charge in [-0.3, -0.25) is 4.98 Å². The number of nitrogens with zero attached hydrogens (tertiary/aromatic N) is 1. The van der Waals surface area contributed by atoms with Crippen LogP contribution in [0.4, 0.5) is 18.9 Å². The minimum atomic E-state index is -4.41. The Morgan fingerprint density at radius 3 is 2.24 bits per heavy atom. The predicted octanol–water partition coefficient (Wildman–Crippen LogP) is 3.35. The van der Waals surface area contributed by atoms with Crippen molar-refractivity contribution in [2.75, 3.05) is 5.73 Å². The monoisotopic (exact) mass is 238 g/mol. The van der Waals surface area contributed by atoms with Gasteiger partial charge in [0, 0.05) is 18.1 Å². The van der Waals surface area contributed by atoms with Crippen molar-refractivity contribution in [1.82, 2.24) is 4.98 Å². The summed E-state index contributed by atoms with van der Waals surface area (Å²) in [6.07, 6.45) is -2.25. The van der Waals surface area contributed by atoms with Crippen molar-refractivity contribution in [1.29, 1.82) is 0 Å². The van der Waals surface area contributed by atoms with Crippen molar-refractivity contribution in [3.05, 3.63) is 48.3 Å². The molecule has 0 aliphatic heterocycles. The van der Waals surface area contributed by atoms with Gasteiger partial charge in [0.2, 0.25) is 0 Å². The summed E-state index contributed by atoms with van der Waals surface area (Å²) < 4.78 is 38.2. The van der Waals surface area contributed by atoms with Crippen LogP contribution < -0.4 is 5.73 Å². The lowest BCUT2D eigenvalue weighted by molar-refractivity contribution is -0.137. The summed E-state index contributed by atoms with van der Waals surface area (Å²) in [7, 11) is 0. The standard InChI is InChI=1S/C12H9F3N2/c13-12(14,15)11-7-17-6-5-10(11)8-1-3-9(16)4-2-8/h1-7H,16H2. The van der Waals surface area contributed by atoms with Crippen LogP contribution in [0.3, 0.4) is 0 Å². The molecule has 0 saturated heterocycles. The number of nitrogens with two attached hydrogens (primary N) is 1. The number of hydrogen-bond acceptors (Lipinski definition) is 2. The van der Waals surface area contributed by atoms with Crippen molar-refractivity contribution in [3.8, 4) is 11.1 Å². The van der Waals surface area contributed by atoms with E-state index in [1.54, 1.807) is 24.3 Å². The molecule has 2 nitrogen and oxygen atoms in total. The number of alkyl halides is 3. The fourth-order valence-electron chi connectivity index (χ4n) is 1.53. The maximum atomic E-state index is 12.7. The van der Waals surface area contributed by atoms with E-state index >= 15 is 0 Å². The molecule has 17 heavy (non-hydrogen) atoms. The van der Waals surface area contributed by atoms with Crippen molar-refractivity contribution >= 4 is 5.69 Å². The van der Waals surface area contributed by atoms with Gasteiger partial charge in [0.1, 0.15) is 0 Å². The normalized spacial score (nSPS) is 11.5. The van der Waals surface area contributed by atoms with Gasteiger partial charge in [-0.2, -0.15) is 13.2 Å². The summed E-state index contributed by atoms with van der Waals surface area (Å²) >= 11 is 0. The van der Waals surface area contributed by atoms with Gasteiger partial charge in [-0.05, 0) is 29.3 Å². The van der Waals surface area contributed by atoms with Crippen LogP contribution in [-0.4, -0.2) is 4.98 Å². The van der Waals surface area contributed by atoms with Crippen LogP contribution >= 0.6 is 0 Å². The van der Waals surface area contributed by atoms with Crippen LogP contribution in [0.25, 0.3) is 11.1 Å². The van der Waals surface area contributed by atoms with Gasteiger partial charge in [-0.1, -0.05) is 12.1 Å². The van der Waals surface area contributed by atoms with Crippen LogP contribution in [0.15, 0.2) is 42.7 Å². The van der Waals surface area contributed by atoms with Crippen LogP contribution in [0.5, 0.6) is 0 Å². The zero-order chi connectivity index (χ0) is 12.5. The maximum absolute atomic E-state index is 12.7. The van der Waals surface area contributed by atoms with Crippen LogP contribution in [-0.2, 0) is 6.18 Å². The van der Waals surface area contributed by atoms with Crippen molar-refractivity contribution in [3.63, 3.8) is 0 Å². The second-order valence-corrected chi connectivity index (χ2v) is 3.54. The van der Waals surface area contributed by atoms with E-state index in [9.17, 15) is 13.2 Å². The quantitative estimate of drug-likeness (QED) is 0.774. The Morgan fingerprint density at radius 1 is 1.00 bits per heavy atom. The molecule has 0 aliphatic carbocycles. The summed E-state index contributed by atoms with van der Waals surface area (Å²) in [4.78, 5) is 3.51. The van der Waals surface area contributed by atoms with E-state index in [0.29, 0.717) is 11.3 Å². The highest BCUT2D eigenvalue weighted by Crippen LogP contribution is 2.36. The number of aromatic nitrogens is 1. The minimum Gasteiger partial charge on any atom is -0.399 e. The fourth-order valence-corrected chi connectivity index (χ4v) is 1.53. The van der Waals surface area contributed by atoms with Gasteiger partial charge >= 0.3 is 6.18 Å². The van der Waals surface area contributed by atoms with Crippen LogP contribution in [0.2, 0.25) is 0 Å². The molecular formula is C12H9F3N2. The van der Waals surface area contributed by atoms with E-state index in [-0.39, 0.29) is 5.56 Å². The summed E-state index contributed by atoms with van der Waals surface area (Å²) in [5, 5.41) is 0. The summed E-state index contributed by atoms with van der Waals surface area (Å²) in [6, 6.07) is 7.58. The first kappa shape index (κ1) is 11.4. The summed E-state index contributed by atoms with van der Waals surface area (Å²) in [5.74, 6) is 0. The Labute approximate surface area is 95.9 Å². The number of anilines is 1. The lowest BCUT2D eigenvalue weighted by atomic mass is 10.0. The Balaban J connectivity index is 2.56. The molecule has 0 amide bonds. The van der Waals surface area contributed by atoms with E-state index < -0.39 is 11.7 Å². The van der Waals surface area contributed by atoms with E-state index in [0.717, 1.165) is 6.20 Å². The summed E-state index contributed by atoms with van der Waals surface area (Å²) in [5.41, 5.74) is 5.83. The lowest BCUT2D eigenvalue weighted by Gasteiger charge is -2.12. The molecule has 0 atom stereocenters. The van der Waals surface area contributed by atoms with Crippen molar-refractivity contribution < 1.29 is 13.2 Å². The van der Waals surface area contributed by atoms with Gasteiger partial charge in [-0.25, -0.2) is 0 Å². The van der Waals surface area contributed by atoms with Gasteiger partial charge in [-0.15, -0.1) is 0 Å². The molecule has 88 valence electrons. The average Bonchev–Trinajstić information content (AvgIpc) is 2.29. The predicted molar refractivity (Wildman–Crippen MR) is 59.1 cm³/mol. The molecule has 0 fully saturated rings. The second-order valence-electron chi connectivity index (χ2n) is 3.54. The number of rotatable bonds is 1. The van der Waals surface area contributed by atoms with Crippen molar-refractivity contribution in [2.24, 2.45) is 0 Å². The van der Waals surface area contributed by atoms with E-state index in [2.05, 4.69) is 4.98 Å². The van der Waals surface area contributed by atoms with E-state index in [1.165, 1.54) is 12.3 Å². The molecule has 2 N–H and O–H groups in total.